The summed E-state index contributed by atoms with van der Waals surface area (Å²) in [7, 11) is 0. The molecule has 0 saturated heterocycles. The van der Waals surface area contributed by atoms with Crippen molar-refractivity contribution in [2.45, 2.75) is 4.90 Å². The first-order valence-electron chi connectivity index (χ1n) is 5.30. The molecule has 0 fully saturated rings. The van der Waals surface area contributed by atoms with E-state index in [0.29, 0.717) is 5.69 Å². The van der Waals surface area contributed by atoms with Crippen molar-refractivity contribution in [3.05, 3.63) is 58.6 Å². The Labute approximate surface area is 111 Å². The highest BCUT2D eigenvalue weighted by Crippen LogP contribution is 2.29. The second-order valence-electron chi connectivity index (χ2n) is 3.64. The molecule has 0 saturated carbocycles. The lowest BCUT2D eigenvalue weighted by molar-refractivity contribution is -0.383. The highest BCUT2D eigenvalue weighted by Gasteiger charge is 2.14. The Hall–Kier alpha value is -2.25. The molecule has 2 rings (SSSR count). The molecule has 2 aromatic carbocycles. The molecule has 0 aliphatic rings. The van der Waals surface area contributed by atoms with Crippen LogP contribution in [-0.2, 0) is 11.1 Å². The van der Waals surface area contributed by atoms with Gasteiger partial charge >= 0.3 is 0 Å². The van der Waals surface area contributed by atoms with Gasteiger partial charge in [-0.1, -0.05) is 24.3 Å². The summed E-state index contributed by atoms with van der Waals surface area (Å²) in [4.78, 5) is 10.5. The van der Waals surface area contributed by atoms with Crippen LogP contribution >= 0.6 is 0 Å². The third-order valence-electron chi connectivity index (χ3n) is 2.45. The van der Waals surface area contributed by atoms with Crippen LogP contribution in [-0.4, -0.2) is 13.7 Å². The van der Waals surface area contributed by atoms with Crippen molar-refractivity contribution in [2.75, 3.05) is 5.32 Å². The molecule has 2 N–H and O–H groups in total. The second kappa shape index (κ2) is 5.59. The molecule has 2 aromatic rings. The molecule has 0 bridgehead atoms. The monoisotopic (exact) mass is 278 g/mol. The van der Waals surface area contributed by atoms with E-state index in [0.717, 1.165) is 0 Å². The molecule has 7 heteroatoms. The van der Waals surface area contributed by atoms with E-state index in [1.54, 1.807) is 30.3 Å². The van der Waals surface area contributed by atoms with Crippen molar-refractivity contribution >= 4 is 28.1 Å². The van der Waals surface area contributed by atoms with Crippen LogP contribution in [0.1, 0.15) is 0 Å². The van der Waals surface area contributed by atoms with Gasteiger partial charge in [0, 0.05) is 6.07 Å². The summed E-state index contributed by atoms with van der Waals surface area (Å²) in [6.07, 6.45) is 0. The number of hydrogen-bond acceptors (Lipinski definition) is 4. The highest BCUT2D eigenvalue weighted by molar-refractivity contribution is 7.79. The summed E-state index contributed by atoms with van der Waals surface area (Å²) >= 11 is -2.16. The largest absolute Gasteiger partial charge is 0.349 e. The van der Waals surface area contributed by atoms with Gasteiger partial charge in [-0.25, -0.2) is 4.21 Å². The molecule has 98 valence electrons. The smallest absolute Gasteiger partial charge is 0.292 e. The Bertz CT molecular complexity index is 590. The fraction of sp³-hybridized carbons (Fsp3) is 0. The van der Waals surface area contributed by atoms with Gasteiger partial charge in [-0.3, -0.25) is 10.1 Å². The normalized spacial score (nSPS) is 11.8. The molecule has 6 nitrogen and oxygen atoms in total. The van der Waals surface area contributed by atoms with Crippen LogP contribution in [0.2, 0.25) is 0 Å². The van der Waals surface area contributed by atoms with E-state index in [-0.39, 0.29) is 16.3 Å². The van der Waals surface area contributed by atoms with Crippen LogP contribution in [0.4, 0.5) is 17.1 Å². The summed E-state index contributed by atoms with van der Waals surface area (Å²) < 4.78 is 20.3. The van der Waals surface area contributed by atoms with Crippen LogP contribution in [0.5, 0.6) is 0 Å². The van der Waals surface area contributed by atoms with Gasteiger partial charge < -0.3 is 9.87 Å². The molecule has 1 unspecified atom stereocenters. The van der Waals surface area contributed by atoms with E-state index in [1.165, 1.54) is 18.2 Å². The lowest BCUT2D eigenvalue weighted by atomic mass is 10.2. The van der Waals surface area contributed by atoms with Crippen LogP contribution in [0, 0.1) is 10.1 Å². The van der Waals surface area contributed by atoms with Crippen LogP contribution in [0.3, 0.4) is 0 Å². The average molecular weight is 278 g/mol. The fourth-order valence-corrected chi connectivity index (χ4v) is 2.11. The molecule has 0 aromatic heterocycles. The quantitative estimate of drug-likeness (QED) is 0.509. The number of nitrogens with zero attached hydrogens (tertiary/aromatic N) is 1. The molecule has 0 spiro atoms. The van der Waals surface area contributed by atoms with Crippen molar-refractivity contribution in [2.24, 2.45) is 0 Å². The van der Waals surface area contributed by atoms with Crippen LogP contribution in [0.15, 0.2) is 53.4 Å². The number of nitro benzene ring substituents is 1. The minimum atomic E-state index is -2.16. The number of benzene rings is 2. The number of hydrogen-bond donors (Lipinski definition) is 2. The SMILES string of the molecule is O=[N+]([O-])c1ccccc1Nc1ccccc1S(=O)O. The summed E-state index contributed by atoms with van der Waals surface area (Å²) in [5, 5.41) is 13.7. The average Bonchev–Trinajstić information content (AvgIpc) is 2.39. The van der Waals surface area contributed by atoms with E-state index in [2.05, 4.69) is 5.32 Å². The minimum Gasteiger partial charge on any atom is -0.349 e. The van der Waals surface area contributed by atoms with E-state index < -0.39 is 16.0 Å². The van der Waals surface area contributed by atoms with Gasteiger partial charge in [0.05, 0.1) is 15.5 Å². The van der Waals surface area contributed by atoms with Gasteiger partial charge in [0.25, 0.3) is 5.69 Å². The van der Waals surface area contributed by atoms with E-state index >= 15 is 0 Å². The van der Waals surface area contributed by atoms with Crippen molar-refractivity contribution in [1.29, 1.82) is 0 Å². The van der Waals surface area contributed by atoms with Crippen molar-refractivity contribution in [3.63, 3.8) is 0 Å². The summed E-state index contributed by atoms with van der Waals surface area (Å²) in [6, 6.07) is 12.5. The standard InChI is InChI=1S/C12H10N2O4S/c15-14(16)11-7-3-1-5-9(11)13-10-6-2-4-8-12(10)19(17)18/h1-8,13H,(H,17,18). The summed E-state index contributed by atoms with van der Waals surface area (Å²) in [5.74, 6) is 0. The molecule has 1 atom stereocenters. The summed E-state index contributed by atoms with van der Waals surface area (Å²) in [6.45, 7) is 0. The maximum Gasteiger partial charge on any atom is 0.292 e. The first kappa shape index (κ1) is 13.2. The predicted molar refractivity (Wildman–Crippen MR) is 71.9 cm³/mol. The van der Waals surface area contributed by atoms with Gasteiger partial charge in [-0.15, -0.1) is 0 Å². The molecule has 19 heavy (non-hydrogen) atoms. The van der Waals surface area contributed by atoms with Gasteiger partial charge in [-0.05, 0) is 18.2 Å². The van der Waals surface area contributed by atoms with Gasteiger partial charge in [0.1, 0.15) is 5.69 Å². The van der Waals surface area contributed by atoms with Gasteiger partial charge in [0.2, 0.25) is 0 Å². The Morgan fingerprint density at radius 1 is 1.05 bits per heavy atom. The Balaban J connectivity index is 2.42. The predicted octanol–water partition coefficient (Wildman–Crippen LogP) is 2.92. The lowest BCUT2D eigenvalue weighted by Gasteiger charge is -2.09. The second-order valence-corrected chi connectivity index (χ2v) is 4.58. The molecule has 0 amide bonds. The number of rotatable bonds is 4. The fourth-order valence-electron chi connectivity index (χ4n) is 1.61. The van der Waals surface area contributed by atoms with Crippen molar-refractivity contribution in [3.8, 4) is 0 Å². The molecular formula is C12H10N2O4S. The molecule has 0 aliphatic heterocycles. The molecule has 0 heterocycles. The Kier molecular flexibility index (Phi) is 3.88. The highest BCUT2D eigenvalue weighted by atomic mass is 32.2. The molecule has 0 aliphatic carbocycles. The maximum absolute atomic E-state index is 11.2. The molecule has 0 radical (unpaired) electrons. The minimum absolute atomic E-state index is 0.0963. The number of anilines is 2. The lowest BCUT2D eigenvalue weighted by Crippen LogP contribution is -2.00. The summed E-state index contributed by atoms with van der Waals surface area (Å²) in [5.41, 5.74) is 0.532. The number of nitrogens with one attached hydrogen (secondary N) is 1. The Morgan fingerprint density at radius 3 is 2.26 bits per heavy atom. The third-order valence-corrected chi connectivity index (χ3v) is 3.18. The van der Waals surface area contributed by atoms with Gasteiger partial charge in [0.15, 0.2) is 11.1 Å². The van der Waals surface area contributed by atoms with Crippen LogP contribution in [0.25, 0.3) is 0 Å². The van der Waals surface area contributed by atoms with Gasteiger partial charge in [-0.2, -0.15) is 0 Å². The van der Waals surface area contributed by atoms with Crippen LogP contribution < -0.4 is 5.32 Å². The number of para-hydroxylation sites is 3. The third kappa shape index (κ3) is 2.95. The first-order valence-corrected chi connectivity index (χ1v) is 6.40. The van der Waals surface area contributed by atoms with E-state index in [9.17, 15) is 14.3 Å². The first-order chi connectivity index (χ1) is 9.09. The van der Waals surface area contributed by atoms with E-state index in [1.807, 2.05) is 0 Å². The van der Waals surface area contributed by atoms with E-state index in [4.69, 9.17) is 4.55 Å². The zero-order valence-corrected chi connectivity index (χ0v) is 10.5. The zero-order valence-electron chi connectivity index (χ0n) is 9.65. The van der Waals surface area contributed by atoms with Crippen molar-refractivity contribution < 1.29 is 13.7 Å². The zero-order chi connectivity index (χ0) is 13.8. The maximum atomic E-state index is 11.2. The number of nitro groups is 1. The molecular weight excluding hydrogens is 268 g/mol. The topological polar surface area (TPSA) is 92.5 Å². The van der Waals surface area contributed by atoms with Crippen molar-refractivity contribution in [1.82, 2.24) is 0 Å². The Morgan fingerprint density at radius 2 is 1.63 bits per heavy atom.